The van der Waals surface area contributed by atoms with Gasteiger partial charge in [0.25, 0.3) is 0 Å². The summed E-state index contributed by atoms with van der Waals surface area (Å²) < 4.78 is 5.11. The van der Waals surface area contributed by atoms with Gasteiger partial charge >= 0.3 is 11.8 Å². The van der Waals surface area contributed by atoms with Gasteiger partial charge < -0.3 is 20.2 Å². The van der Waals surface area contributed by atoms with Crippen molar-refractivity contribution in [1.82, 2.24) is 10.6 Å². The smallest absolute Gasteiger partial charge is 0.309 e. The maximum Gasteiger partial charge on any atom is 0.309 e. The second-order valence-corrected chi connectivity index (χ2v) is 5.54. The first-order chi connectivity index (χ1) is 10.9. The number of carbonyl (C=O) groups excluding carboxylic acids is 2. The number of benzene rings is 1. The summed E-state index contributed by atoms with van der Waals surface area (Å²) in [5, 5.41) is 15.2. The van der Waals surface area contributed by atoms with Crippen molar-refractivity contribution in [1.29, 1.82) is 0 Å². The summed E-state index contributed by atoms with van der Waals surface area (Å²) in [6, 6.07) is 12.3. The third-order valence-electron chi connectivity index (χ3n) is 3.50. The minimum atomic E-state index is -1.38. The van der Waals surface area contributed by atoms with Crippen molar-refractivity contribution in [3.8, 4) is 0 Å². The molecule has 2 rings (SSSR count). The summed E-state index contributed by atoms with van der Waals surface area (Å²) in [6.45, 7) is 3.16. The Balaban J connectivity index is 1.87. The van der Waals surface area contributed by atoms with Gasteiger partial charge in [0.1, 0.15) is 11.4 Å². The van der Waals surface area contributed by atoms with Crippen molar-refractivity contribution >= 4 is 11.8 Å². The van der Waals surface area contributed by atoms with Crippen LogP contribution in [0, 0.1) is 0 Å². The summed E-state index contributed by atoms with van der Waals surface area (Å²) in [7, 11) is 0. The second kappa shape index (κ2) is 7.11. The van der Waals surface area contributed by atoms with Gasteiger partial charge in [0.15, 0.2) is 0 Å². The van der Waals surface area contributed by atoms with Gasteiger partial charge in [-0.2, -0.15) is 0 Å². The summed E-state index contributed by atoms with van der Waals surface area (Å²) in [5.74, 6) is -1.24. The average Bonchev–Trinajstić information content (AvgIpc) is 3.08. The maximum absolute atomic E-state index is 11.9. The Morgan fingerprint density at radius 3 is 2.48 bits per heavy atom. The van der Waals surface area contributed by atoms with Crippen LogP contribution in [0.1, 0.15) is 31.2 Å². The molecule has 0 radical (unpaired) electrons. The molecule has 2 atom stereocenters. The van der Waals surface area contributed by atoms with E-state index < -0.39 is 17.4 Å². The van der Waals surface area contributed by atoms with Gasteiger partial charge in [-0.15, -0.1) is 0 Å². The fourth-order valence-electron chi connectivity index (χ4n) is 2.09. The van der Waals surface area contributed by atoms with E-state index in [0.29, 0.717) is 5.76 Å². The predicted molar refractivity (Wildman–Crippen MR) is 84.3 cm³/mol. The van der Waals surface area contributed by atoms with E-state index in [4.69, 9.17) is 4.42 Å². The minimum Gasteiger partial charge on any atom is -0.466 e. The highest BCUT2D eigenvalue weighted by Crippen LogP contribution is 2.19. The molecule has 0 saturated heterocycles. The van der Waals surface area contributed by atoms with E-state index in [9.17, 15) is 14.7 Å². The van der Waals surface area contributed by atoms with Gasteiger partial charge in [-0.3, -0.25) is 9.59 Å². The Morgan fingerprint density at radius 2 is 1.87 bits per heavy atom. The number of hydrogen-bond acceptors (Lipinski definition) is 4. The second-order valence-electron chi connectivity index (χ2n) is 5.54. The van der Waals surface area contributed by atoms with Crippen molar-refractivity contribution in [3.63, 3.8) is 0 Å². The number of nitrogens with one attached hydrogen (secondary N) is 2. The lowest BCUT2D eigenvalue weighted by atomic mass is 10.0. The SMILES string of the molecule is C[C@@H](NC(=O)C(=O)NC[C@](C)(O)c1ccco1)c1ccccc1. The number of hydrogen-bond donors (Lipinski definition) is 3. The number of rotatable bonds is 5. The lowest BCUT2D eigenvalue weighted by Gasteiger charge is -2.21. The molecule has 0 spiro atoms. The fraction of sp³-hybridized carbons (Fsp3) is 0.294. The molecule has 0 aliphatic heterocycles. The van der Waals surface area contributed by atoms with E-state index in [1.54, 1.807) is 19.1 Å². The third kappa shape index (κ3) is 4.43. The van der Waals surface area contributed by atoms with Gasteiger partial charge in [0.2, 0.25) is 0 Å². The standard InChI is InChI=1S/C17H20N2O4/c1-12(13-7-4-3-5-8-13)19-16(21)15(20)18-11-17(2,22)14-9-6-10-23-14/h3-10,12,22H,11H2,1-2H3,(H,18,20)(H,19,21)/t12-,17+/m1/s1. The number of carbonyl (C=O) groups is 2. The minimum absolute atomic E-state index is 0.132. The zero-order valence-corrected chi connectivity index (χ0v) is 13.1. The van der Waals surface area contributed by atoms with Crippen LogP contribution in [0.5, 0.6) is 0 Å². The Bertz CT molecular complexity index is 650. The summed E-state index contributed by atoms with van der Waals surface area (Å²) >= 11 is 0. The largest absolute Gasteiger partial charge is 0.466 e. The number of furan rings is 1. The first-order valence-corrected chi connectivity index (χ1v) is 7.30. The van der Waals surface area contributed by atoms with Crippen LogP contribution in [0.2, 0.25) is 0 Å². The normalized spacial score (nSPS) is 14.6. The highest BCUT2D eigenvalue weighted by Gasteiger charge is 2.28. The van der Waals surface area contributed by atoms with E-state index in [1.807, 2.05) is 30.3 Å². The molecule has 0 bridgehead atoms. The molecule has 0 aliphatic rings. The molecular weight excluding hydrogens is 296 g/mol. The van der Waals surface area contributed by atoms with Gasteiger partial charge in [0.05, 0.1) is 18.8 Å². The monoisotopic (exact) mass is 316 g/mol. The molecule has 2 amide bonds. The van der Waals surface area contributed by atoms with E-state index in [0.717, 1.165) is 5.56 Å². The van der Waals surface area contributed by atoms with E-state index >= 15 is 0 Å². The lowest BCUT2D eigenvalue weighted by molar-refractivity contribution is -0.140. The van der Waals surface area contributed by atoms with Crippen LogP contribution in [0.4, 0.5) is 0 Å². The van der Waals surface area contributed by atoms with Crippen molar-refractivity contribution in [2.75, 3.05) is 6.54 Å². The third-order valence-corrected chi connectivity index (χ3v) is 3.50. The van der Waals surface area contributed by atoms with Crippen molar-refractivity contribution in [2.24, 2.45) is 0 Å². The molecule has 1 heterocycles. The molecule has 0 unspecified atom stereocenters. The van der Waals surface area contributed by atoms with Gasteiger partial charge in [-0.1, -0.05) is 30.3 Å². The van der Waals surface area contributed by atoms with Gasteiger partial charge in [0, 0.05) is 0 Å². The van der Waals surface area contributed by atoms with Crippen LogP contribution in [0.15, 0.2) is 53.1 Å². The number of aliphatic hydroxyl groups is 1. The molecule has 122 valence electrons. The Labute approximate surface area is 134 Å². The molecular formula is C17H20N2O4. The maximum atomic E-state index is 11.9. The van der Waals surface area contributed by atoms with Crippen LogP contribution >= 0.6 is 0 Å². The Morgan fingerprint density at radius 1 is 1.17 bits per heavy atom. The molecule has 0 fully saturated rings. The molecule has 6 nitrogen and oxygen atoms in total. The molecule has 0 saturated carbocycles. The van der Waals surface area contributed by atoms with Crippen LogP contribution in [0.25, 0.3) is 0 Å². The van der Waals surface area contributed by atoms with Gasteiger partial charge in [-0.05, 0) is 31.5 Å². The van der Waals surface area contributed by atoms with Crippen molar-refractivity contribution in [2.45, 2.75) is 25.5 Å². The van der Waals surface area contributed by atoms with Crippen LogP contribution < -0.4 is 10.6 Å². The molecule has 3 N–H and O–H groups in total. The first kappa shape index (κ1) is 16.8. The molecule has 6 heteroatoms. The molecule has 2 aromatic rings. The average molecular weight is 316 g/mol. The molecule has 1 aromatic carbocycles. The number of amides is 2. The van der Waals surface area contributed by atoms with E-state index in [-0.39, 0.29) is 12.6 Å². The van der Waals surface area contributed by atoms with E-state index in [2.05, 4.69) is 10.6 Å². The summed E-state index contributed by atoms with van der Waals surface area (Å²) in [5.41, 5.74) is -0.485. The zero-order chi connectivity index (χ0) is 16.9. The molecule has 1 aromatic heterocycles. The lowest BCUT2D eigenvalue weighted by Crippen LogP contribution is -2.45. The first-order valence-electron chi connectivity index (χ1n) is 7.30. The fourth-order valence-corrected chi connectivity index (χ4v) is 2.09. The van der Waals surface area contributed by atoms with Crippen LogP contribution in [-0.2, 0) is 15.2 Å². The van der Waals surface area contributed by atoms with Crippen LogP contribution in [0.3, 0.4) is 0 Å². The summed E-state index contributed by atoms with van der Waals surface area (Å²) in [6.07, 6.45) is 1.43. The Hall–Kier alpha value is -2.60. The quantitative estimate of drug-likeness (QED) is 0.729. The summed E-state index contributed by atoms with van der Waals surface area (Å²) in [4.78, 5) is 23.8. The van der Waals surface area contributed by atoms with Crippen molar-refractivity contribution in [3.05, 3.63) is 60.1 Å². The highest BCUT2D eigenvalue weighted by molar-refractivity contribution is 6.35. The highest BCUT2D eigenvalue weighted by atomic mass is 16.4. The van der Waals surface area contributed by atoms with Gasteiger partial charge in [-0.25, -0.2) is 0 Å². The molecule has 0 aliphatic carbocycles. The molecule has 23 heavy (non-hydrogen) atoms. The van der Waals surface area contributed by atoms with Crippen molar-refractivity contribution < 1.29 is 19.1 Å². The van der Waals surface area contributed by atoms with Crippen LogP contribution in [-0.4, -0.2) is 23.5 Å². The zero-order valence-electron chi connectivity index (χ0n) is 13.1. The topological polar surface area (TPSA) is 91.6 Å². The Kier molecular flexibility index (Phi) is 5.18. The van der Waals surface area contributed by atoms with E-state index in [1.165, 1.54) is 13.2 Å². The predicted octanol–water partition coefficient (Wildman–Crippen LogP) is 1.48.